The second kappa shape index (κ2) is 18.8. The van der Waals surface area contributed by atoms with Crippen LogP contribution in [0.2, 0.25) is 0 Å². The van der Waals surface area contributed by atoms with Gasteiger partial charge in [0.25, 0.3) is 0 Å². The molecule has 4 nitrogen and oxygen atoms in total. The van der Waals surface area contributed by atoms with Crippen molar-refractivity contribution in [2.45, 2.75) is 169 Å². The Labute approximate surface area is 295 Å². The monoisotopic (exact) mass is 663 g/mol. The van der Waals surface area contributed by atoms with Crippen molar-refractivity contribution in [3.63, 3.8) is 0 Å². The van der Waals surface area contributed by atoms with Gasteiger partial charge in [-0.3, -0.25) is 0 Å². The van der Waals surface area contributed by atoms with Crippen molar-refractivity contribution < 1.29 is 18.9 Å². The minimum Gasteiger partial charge on any atom is -0.493 e. The van der Waals surface area contributed by atoms with Crippen LogP contribution in [-0.4, -0.2) is 38.6 Å². The Bertz CT molecular complexity index is 1100. The minimum atomic E-state index is 0.369. The summed E-state index contributed by atoms with van der Waals surface area (Å²) in [6.07, 6.45) is 13.2. The van der Waals surface area contributed by atoms with Gasteiger partial charge < -0.3 is 18.9 Å². The van der Waals surface area contributed by atoms with Crippen LogP contribution < -0.4 is 9.47 Å². The summed E-state index contributed by atoms with van der Waals surface area (Å²) in [6.45, 7) is 26.4. The van der Waals surface area contributed by atoms with E-state index < -0.39 is 0 Å². The molecule has 270 valence electrons. The van der Waals surface area contributed by atoms with Gasteiger partial charge in [0, 0.05) is 0 Å². The highest BCUT2D eigenvalue weighted by Gasteiger charge is 2.32. The second-order valence-corrected chi connectivity index (χ2v) is 16.1. The average Bonchev–Trinajstić information content (AvgIpc) is 3.98. The summed E-state index contributed by atoms with van der Waals surface area (Å²) >= 11 is 0. The molecule has 48 heavy (non-hydrogen) atoms. The van der Waals surface area contributed by atoms with Crippen LogP contribution in [0.25, 0.3) is 11.1 Å². The molecule has 4 atom stereocenters. The van der Waals surface area contributed by atoms with E-state index in [0.29, 0.717) is 47.7 Å². The normalized spacial score (nSPS) is 18.6. The Balaban J connectivity index is 1.56. The molecule has 0 N–H and O–H groups in total. The third-order valence-electron chi connectivity index (χ3n) is 10.7. The van der Waals surface area contributed by atoms with E-state index in [2.05, 4.69) is 93.5 Å². The summed E-state index contributed by atoms with van der Waals surface area (Å²) in [6, 6.07) is 9.64. The zero-order valence-corrected chi connectivity index (χ0v) is 32.5. The van der Waals surface area contributed by atoms with Crippen molar-refractivity contribution in [2.24, 2.45) is 11.8 Å². The van der Waals surface area contributed by atoms with E-state index in [1.165, 1.54) is 84.7 Å². The maximum absolute atomic E-state index is 6.72. The predicted octanol–water partition coefficient (Wildman–Crippen LogP) is 12.6. The van der Waals surface area contributed by atoms with Gasteiger partial charge in [-0.2, -0.15) is 0 Å². The topological polar surface area (TPSA) is 43.5 Å². The molecule has 0 aromatic heterocycles. The maximum Gasteiger partial charge on any atom is 0.126 e. The van der Waals surface area contributed by atoms with Crippen molar-refractivity contribution in [1.29, 1.82) is 0 Å². The van der Waals surface area contributed by atoms with Gasteiger partial charge in [-0.25, -0.2) is 0 Å². The molecule has 0 radical (unpaired) electrons. The Kier molecular flexibility index (Phi) is 15.2. The molecule has 0 aliphatic carbocycles. The van der Waals surface area contributed by atoms with Gasteiger partial charge in [0.15, 0.2) is 0 Å². The van der Waals surface area contributed by atoms with Crippen molar-refractivity contribution in [2.75, 3.05) is 26.4 Å². The maximum atomic E-state index is 6.72. The number of rotatable bonds is 23. The molecule has 4 unspecified atom stereocenters. The van der Waals surface area contributed by atoms with Crippen LogP contribution in [0.3, 0.4) is 0 Å². The first-order chi connectivity index (χ1) is 23.0. The molecule has 2 aliphatic rings. The second-order valence-electron chi connectivity index (χ2n) is 16.1. The van der Waals surface area contributed by atoms with Gasteiger partial charge in [-0.15, -0.1) is 0 Å². The molecule has 2 aromatic rings. The standard InChI is InChI=1S/C44H70O4/c1-11-13-17-33(41-27-47-41)19-15-21-45-43-37(29(3)4)23-35(24-38(43)30(5)6)36-25-39(31(7)8)44(40(26-36)32(9)10)46-22-16-20-34(18-14-12-2)42-28-48-42/h23-26,29-34,41-42H,11-22,27-28H2,1-10H3. The summed E-state index contributed by atoms with van der Waals surface area (Å²) in [4.78, 5) is 0. The molecule has 0 saturated carbocycles. The lowest BCUT2D eigenvalue weighted by atomic mass is 9.86. The van der Waals surface area contributed by atoms with Crippen LogP contribution in [0.5, 0.6) is 11.5 Å². The molecule has 4 heteroatoms. The van der Waals surface area contributed by atoms with E-state index in [1.54, 1.807) is 0 Å². The Hall–Kier alpha value is -2.04. The van der Waals surface area contributed by atoms with Gasteiger partial charge in [0.05, 0.1) is 38.6 Å². The summed E-state index contributed by atoms with van der Waals surface area (Å²) < 4.78 is 24.8. The first-order valence-electron chi connectivity index (χ1n) is 19.9. The van der Waals surface area contributed by atoms with Crippen molar-refractivity contribution in [3.05, 3.63) is 46.5 Å². The molecule has 2 saturated heterocycles. The molecular weight excluding hydrogens is 592 g/mol. The van der Waals surface area contributed by atoms with Crippen LogP contribution in [0.15, 0.2) is 24.3 Å². The number of benzene rings is 2. The van der Waals surface area contributed by atoms with Gasteiger partial charge in [-0.05, 0) is 132 Å². The highest BCUT2D eigenvalue weighted by Crippen LogP contribution is 2.43. The Morgan fingerprint density at radius 3 is 1.06 bits per heavy atom. The highest BCUT2D eigenvalue weighted by molar-refractivity contribution is 5.72. The number of ether oxygens (including phenoxy) is 4. The first kappa shape index (κ1) is 38.8. The molecule has 2 aliphatic heterocycles. The Morgan fingerprint density at radius 2 is 0.812 bits per heavy atom. The van der Waals surface area contributed by atoms with E-state index in [9.17, 15) is 0 Å². The molecular formula is C44H70O4. The number of epoxide rings is 2. The average molecular weight is 663 g/mol. The van der Waals surface area contributed by atoms with Crippen LogP contribution in [0, 0.1) is 11.8 Å². The van der Waals surface area contributed by atoms with Crippen molar-refractivity contribution in [3.8, 4) is 22.6 Å². The van der Waals surface area contributed by atoms with Gasteiger partial charge in [0.1, 0.15) is 11.5 Å². The van der Waals surface area contributed by atoms with Gasteiger partial charge >= 0.3 is 0 Å². The molecule has 2 aromatic carbocycles. The van der Waals surface area contributed by atoms with E-state index in [1.807, 2.05) is 0 Å². The van der Waals surface area contributed by atoms with Crippen molar-refractivity contribution >= 4 is 0 Å². The van der Waals surface area contributed by atoms with E-state index in [0.717, 1.165) is 50.8 Å². The molecule has 0 spiro atoms. The molecule has 2 fully saturated rings. The van der Waals surface area contributed by atoms with E-state index in [-0.39, 0.29) is 0 Å². The summed E-state index contributed by atoms with van der Waals surface area (Å²) in [7, 11) is 0. The summed E-state index contributed by atoms with van der Waals surface area (Å²) in [5.41, 5.74) is 7.86. The number of hydrogen-bond donors (Lipinski definition) is 0. The lowest BCUT2D eigenvalue weighted by Crippen LogP contribution is -2.12. The first-order valence-corrected chi connectivity index (χ1v) is 19.9. The predicted molar refractivity (Wildman–Crippen MR) is 203 cm³/mol. The fourth-order valence-corrected chi connectivity index (χ4v) is 7.39. The number of unbranched alkanes of at least 4 members (excludes halogenated alkanes) is 2. The molecule has 2 heterocycles. The fraction of sp³-hybridized carbons (Fsp3) is 0.727. The third-order valence-corrected chi connectivity index (χ3v) is 10.7. The van der Waals surface area contributed by atoms with Gasteiger partial charge in [-0.1, -0.05) is 94.9 Å². The third kappa shape index (κ3) is 11.0. The summed E-state index contributed by atoms with van der Waals surface area (Å²) in [5.74, 6) is 5.06. The SMILES string of the molecule is CCCCC(CCCOc1c(C(C)C)cc(-c2cc(C(C)C)c(OCCCC(CCCC)C3CO3)c(C(C)C)c2)cc1C(C)C)C1CO1. The molecule has 0 bridgehead atoms. The van der Waals surface area contributed by atoms with Gasteiger partial charge in [0.2, 0.25) is 0 Å². The quantitative estimate of drug-likeness (QED) is 0.0877. The lowest BCUT2D eigenvalue weighted by molar-refractivity contribution is 0.254. The van der Waals surface area contributed by atoms with E-state index in [4.69, 9.17) is 18.9 Å². The van der Waals surface area contributed by atoms with E-state index >= 15 is 0 Å². The van der Waals surface area contributed by atoms with Crippen LogP contribution in [0.1, 0.15) is 179 Å². The van der Waals surface area contributed by atoms with Crippen LogP contribution in [-0.2, 0) is 9.47 Å². The van der Waals surface area contributed by atoms with Crippen molar-refractivity contribution in [1.82, 2.24) is 0 Å². The minimum absolute atomic E-state index is 0.369. The van der Waals surface area contributed by atoms with Crippen LogP contribution in [0.4, 0.5) is 0 Å². The molecule has 0 amide bonds. The zero-order valence-electron chi connectivity index (χ0n) is 32.5. The lowest BCUT2D eigenvalue weighted by Gasteiger charge is -2.25. The fourth-order valence-electron chi connectivity index (χ4n) is 7.39. The summed E-state index contributed by atoms with van der Waals surface area (Å²) in [5, 5.41) is 0. The largest absolute Gasteiger partial charge is 0.493 e. The molecule has 4 rings (SSSR count). The highest BCUT2D eigenvalue weighted by atomic mass is 16.6. The smallest absolute Gasteiger partial charge is 0.126 e. The Morgan fingerprint density at radius 1 is 0.521 bits per heavy atom. The number of hydrogen-bond acceptors (Lipinski definition) is 4. The zero-order chi connectivity index (χ0) is 34.8. The van der Waals surface area contributed by atoms with Crippen LogP contribution >= 0.6 is 0 Å².